The molecule has 0 radical (unpaired) electrons. The third-order valence-corrected chi connectivity index (χ3v) is 2.58. The van der Waals surface area contributed by atoms with Gasteiger partial charge in [-0.1, -0.05) is 6.92 Å². The molecule has 0 aromatic heterocycles. The van der Waals surface area contributed by atoms with Gasteiger partial charge in [-0.05, 0) is 30.7 Å². The Labute approximate surface area is 93.2 Å². The van der Waals surface area contributed by atoms with Crippen molar-refractivity contribution in [2.24, 2.45) is 0 Å². The summed E-state index contributed by atoms with van der Waals surface area (Å²) in [5.41, 5.74) is 6.69. The average Bonchev–Trinajstić information content (AvgIpc) is 2.56. The van der Waals surface area contributed by atoms with Crippen LogP contribution in [0.3, 0.4) is 0 Å². The van der Waals surface area contributed by atoms with Gasteiger partial charge in [0.1, 0.15) is 6.04 Å². The fourth-order valence-electron chi connectivity index (χ4n) is 1.68. The van der Waals surface area contributed by atoms with Crippen LogP contribution < -0.4 is 16.0 Å². The van der Waals surface area contributed by atoms with Crippen molar-refractivity contribution in [2.75, 3.05) is 10.6 Å². The highest BCUT2D eigenvalue weighted by molar-refractivity contribution is 6.21. The number of nitrogen functional groups attached to an aromatic ring is 1. The number of nitrogens with one attached hydrogen (secondary N) is 1. The van der Waals surface area contributed by atoms with Crippen LogP contribution in [-0.4, -0.2) is 18.0 Å². The quantitative estimate of drug-likeness (QED) is 0.577. The molecule has 16 heavy (non-hydrogen) atoms. The SMILES string of the molecule is CCC1NC(=O)N(c2ccc(N)cc2)C1=O. The van der Waals surface area contributed by atoms with E-state index in [2.05, 4.69) is 5.32 Å². The van der Waals surface area contributed by atoms with Crippen LogP contribution in [-0.2, 0) is 4.79 Å². The van der Waals surface area contributed by atoms with E-state index < -0.39 is 6.04 Å². The second-order valence-corrected chi connectivity index (χ2v) is 3.68. The van der Waals surface area contributed by atoms with Crippen LogP contribution in [0.25, 0.3) is 0 Å². The number of nitrogens with zero attached hydrogens (tertiary/aromatic N) is 1. The Balaban J connectivity index is 2.31. The number of anilines is 2. The molecule has 1 aliphatic rings. The van der Waals surface area contributed by atoms with E-state index in [1.807, 2.05) is 6.92 Å². The summed E-state index contributed by atoms with van der Waals surface area (Å²) in [6, 6.07) is 5.85. The molecule has 2 rings (SSSR count). The fourth-order valence-corrected chi connectivity index (χ4v) is 1.68. The molecule has 0 aliphatic carbocycles. The number of rotatable bonds is 2. The molecule has 1 aromatic rings. The van der Waals surface area contributed by atoms with Gasteiger partial charge < -0.3 is 11.1 Å². The molecule has 1 atom stereocenters. The summed E-state index contributed by atoms with van der Waals surface area (Å²) < 4.78 is 0. The summed E-state index contributed by atoms with van der Waals surface area (Å²) in [5.74, 6) is -0.211. The second-order valence-electron chi connectivity index (χ2n) is 3.68. The van der Waals surface area contributed by atoms with Crippen LogP contribution in [0.1, 0.15) is 13.3 Å². The van der Waals surface area contributed by atoms with E-state index in [1.54, 1.807) is 24.3 Å². The lowest BCUT2D eigenvalue weighted by atomic mass is 10.2. The smallest absolute Gasteiger partial charge is 0.329 e. The third-order valence-electron chi connectivity index (χ3n) is 2.58. The average molecular weight is 219 g/mol. The van der Waals surface area contributed by atoms with Crippen molar-refractivity contribution in [3.63, 3.8) is 0 Å². The Morgan fingerprint density at radius 1 is 1.31 bits per heavy atom. The Hall–Kier alpha value is -2.04. The first-order valence-electron chi connectivity index (χ1n) is 5.13. The van der Waals surface area contributed by atoms with Gasteiger partial charge in [-0.25, -0.2) is 9.69 Å². The van der Waals surface area contributed by atoms with Gasteiger partial charge in [-0.15, -0.1) is 0 Å². The van der Waals surface area contributed by atoms with E-state index in [4.69, 9.17) is 5.73 Å². The highest BCUT2D eigenvalue weighted by Gasteiger charge is 2.37. The van der Waals surface area contributed by atoms with Gasteiger partial charge in [0.15, 0.2) is 0 Å². The zero-order valence-corrected chi connectivity index (χ0v) is 8.93. The van der Waals surface area contributed by atoms with Crippen LogP contribution in [0.15, 0.2) is 24.3 Å². The van der Waals surface area contributed by atoms with Crippen molar-refractivity contribution >= 4 is 23.3 Å². The molecular weight excluding hydrogens is 206 g/mol. The number of carbonyl (C=O) groups is 2. The van der Waals surface area contributed by atoms with Crippen molar-refractivity contribution in [3.8, 4) is 0 Å². The number of hydrogen-bond donors (Lipinski definition) is 2. The maximum Gasteiger partial charge on any atom is 0.329 e. The summed E-state index contributed by atoms with van der Waals surface area (Å²) >= 11 is 0. The van der Waals surface area contributed by atoms with Gasteiger partial charge in [-0.2, -0.15) is 0 Å². The predicted octanol–water partition coefficient (Wildman–Crippen LogP) is 1.10. The molecule has 1 unspecified atom stereocenters. The minimum Gasteiger partial charge on any atom is -0.399 e. The highest BCUT2D eigenvalue weighted by Crippen LogP contribution is 2.21. The number of amides is 3. The van der Waals surface area contributed by atoms with Gasteiger partial charge in [0.2, 0.25) is 0 Å². The van der Waals surface area contributed by atoms with Crippen LogP contribution in [0.2, 0.25) is 0 Å². The highest BCUT2D eigenvalue weighted by atomic mass is 16.2. The fraction of sp³-hybridized carbons (Fsp3) is 0.273. The number of urea groups is 1. The maximum atomic E-state index is 11.8. The molecule has 5 nitrogen and oxygen atoms in total. The molecule has 1 saturated heterocycles. The molecule has 5 heteroatoms. The number of carbonyl (C=O) groups excluding carboxylic acids is 2. The molecule has 1 fully saturated rings. The van der Waals surface area contributed by atoms with E-state index in [-0.39, 0.29) is 11.9 Å². The first kappa shape index (κ1) is 10.5. The third kappa shape index (κ3) is 1.60. The van der Waals surface area contributed by atoms with Crippen LogP contribution >= 0.6 is 0 Å². The molecule has 1 heterocycles. The van der Waals surface area contributed by atoms with Crippen molar-refractivity contribution < 1.29 is 9.59 Å². The molecular formula is C11H13N3O2. The lowest BCUT2D eigenvalue weighted by Gasteiger charge is -2.12. The van der Waals surface area contributed by atoms with Crippen molar-refractivity contribution in [1.82, 2.24) is 5.32 Å². The summed E-state index contributed by atoms with van der Waals surface area (Å²) in [4.78, 5) is 24.6. The monoisotopic (exact) mass is 219 g/mol. The minimum atomic E-state index is -0.412. The van der Waals surface area contributed by atoms with E-state index >= 15 is 0 Å². The molecule has 3 N–H and O–H groups in total. The van der Waals surface area contributed by atoms with Gasteiger partial charge in [0, 0.05) is 5.69 Å². The van der Waals surface area contributed by atoms with Crippen LogP contribution in [0, 0.1) is 0 Å². The normalized spacial score (nSPS) is 20.1. The minimum absolute atomic E-state index is 0.211. The molecule has 1 aromatic carbocycles. The first-order chi connectivity index (χ1) is 7.63. The van der Waals surface area contributed by atoms with Gasteiger partial charge in [0.05, 0.1) is 5.69 Å². The number of imide groups is 1. The number of hydrogen-bond acceptors (Lipinski definition) is 3. The van der Waals surface area contributed by atoms with Crippen molar-refractivity contribution in [2.45, 2.75) is 19.4 Å². The second kappa shape index (κ2) is 3.84. The molecule has 84 valence electrons. The largest absolute Gasteiger partial charge is 0.399 e. The van der Waals surface area contributed by atoms with Crippen molar-refractivity contribution in [1.29, 1.82) is 0 Å². The number of benzene rings is 1. The molecule has 0 bridgehead atoms. The summed E-state index contributed by atoms with van der Waals surface area (Å²) in [5, 5.41) is 2.62. The summed E-state index contributed by atoms with van der Waals surface area (Å²) in [6.45, 7) is 1.86. The first-order valence-corrected chi connectivity index (χ1v) is 5.13. The zero-order chi connectivity index (χ0) is 11.7. The molecule has 0 spiro atoms. The van der Waals surface area contributed by atoms with Gasteiger partial charge >= 0.3 is 6.03 Å². The lowest BCUT2D eigenvalue weighted by molar-refractivity contribution is -0.118. The van der Waals surface area contributed by atoms with Crippen LogP contribution in [0.5, 0.6) is 0 Å². The van der Waals surface area contributed by atoms with Gasteiger partial charge in [0.25, 0.3) is 5.91 Å². The Morgan fingerprint density at radius 3 is 2.44 bits per heavy atom. The van der Waals surface area contributed by atoms with E-state index in [1.165, 1.54) is 0 Å². The Morgan fingerprint density at radius 2 is 1.94 bits per heavy atom. The van der Waals surface area contributed by atoms with Gasteiger partial charge in [-0.3, -0.25) is 4.79 Å². The Kier molecular flexibility index (Phi) is 2.52. The lowest BCUT2D eigenvalue weighted by Crippen LogP contribution is -2.31. The standard InChI is InChI=1S/C11H13N3O2/c1-2-9-10(15)14(11(16)13-9)8-5-3-7(12)4-6-8/h3-6,9H,2,12H2,1H3,(H,13,16). The summed E-state index contributed by atoms with van der Waals surface area (Å²) in [6.07, 6.45) is 0.593. The molecule has 0 saturated carbocycles. The summed E-state index contributed by atoms with van der Waals surface area (Å²) in [7, 11) is 0. The maximum absolute atomic E-state index is 11.8. The molecule has 3 amide bonds. The molecule has 1 aliphatic heterocycles. The van der Waals surface area contributed by atoms with E-state index in [9.17, 15) is 9.59 Å². The predicted molar refractivity (Wildman–Crippen MR) is 61.0 cm³/mol. The van der Waals surface area contributed by atoms with Crippen LogP contribution in [0.4, 0.5) is 16.2 Å². The topological polar surface area (TPSA) is 75.4 Å². The van der Waals surface area contributed by atoms with Crippen molar-refractivity contribution in [3.05, 3.63) is 24.3 Å². The van der Waals surface area contributed by atoms with E-state index in [0.29, 0.717) is 17.8 Å². The Bertz CT molecular complexity index is 427. The number of nitrogens with two attached hydrogens (primary N) is 1. The van der Waals surface area contributed by atoms with E-state index in [0.717, 1.165) is 4.90 Å². The zero-order valence-electron chi connectivity index (χ0n) is 8.93.